The van der Waals surface area contributed by atoms with Crippen LogP contribution in [0.5, 0.6) is 0 Å². The Bertz CT molecular complexity index is 2720. The summed E-state index contributed by atoms with van der Waals surface area (Å²) in [6, 6.07) is 63.6. The summed E-state index contributed by atoms with van der Waals surface area (Å²) in [4.78, 5) is 5.17. The van der Waals surface area contributed by atoms with E-state index in [0.717, 1.165) is 40.2 Å². The van der Waals surface area contributed by atoms with Gasteiger partial charge in [0.05, 0.1) is 23.2 Å². The molecule has 2 aliphatic carbocycles. The molecule has 8 aromatic rings. The molecule has 1 heterocycles. The minimum Gasteiger partial charge on any atom is -0.398 e. The average molecular weight is 708 g/mol. The topological polar surface area (TPSA) is 43.3 Å². The highest BCUT2D eigenvalue weighted by atomic mass is 15.0. The maximum Gasteiger partial charge on any atom is 0.0743 e. The largest absolute Gasteiger partial charge is 0.398 e. The Kier molecular flexibility index (Phi) is 7.96. The van der Waals surface area contributed by atoms with Crippen molar-refractivity contribution in [1.29, 1.82) is 0 Å². The Hall–Kier alpha value is -6.71. The van der Waals surface area contributed by atoms with Gasteiger partial charge in [-0.15, -0.1) is 0 Å². The number of aromatic nitrogens is 1. The van der Waals surface area contributed by atoms with E-state index in [9.17, 15) is 0 Å². The van der Waals surface area contributed by atoms with Crippen molar-refractivity contribution in [1.82, 2.24) is 4.57 Å². The number of nitrogen functional groups attached to an aromatic ring is 1. The van der Waals surface area contributed by atoms with Crippen molar-refractivity contribution in [2.24, 2.45) is 4.99 Å². The molecule has 0 radical (unpaired) electrons. The third-order valence-corrected chi connectivity index (χ3v) is 11.8. The monoisotopic (exact) mass is 707 g/mol. The van der Waals surface area contributed by atoms with Crippen molar-refractivity contribution >= 4 is 28.4 Å². The molecule has 0 aliphatic heterocycles. The number of allylic oxidation sites excluding steroid dienone is 1. The maximum absolute atomic E-state index is 6.46. The molecule has 1 atom stereocenters. The fourth-order valence-electron chi connectivity index (χ4n) is 9.28. The van der Waals surface area contributed by atoms with Crippen LogP contribution in [0.4, 0.5) is 5.69 Å². The molecule has 264 valence electrons. The first-order chi connectivity index (χ1) is 27.1. The van der Waals surface area contributed by atoms with Crippen LogP contribution < -0.4 is 5.73 Å². The first kappa shape index (κ1) is 32.9. The summed E-state index contributed by atoms with van der Waals surface area (Å²) in [7, 11) is 0. The number of aliphatic imine (C=N–C) groups is 1. The van der Waals surface area contributed by atoms with Crippen molar-refractivity contribution in [3.8, 4) is 16.8 Å². The van der Waals surface area contributed by atoms with E-state index in [1.807, 2.05) is 36.4 Å². The lowest BCUT2D eigenvalue weighted by molar-refractivity contribution is 0.723. The second-order valence-electron chi connectivity index (χ2n) is 14.9. The molecule has 0 bridgehead atoms. The van der Waals surface area contributed by atoms with E-state index in [4.69, 9.17) is 10.7 Å². The van der Waals surface area contributed by atoms with Crippen LogP contribution in [-0.4, -0.2) is 10.3 Å². The summed E-state index contributed by atoms with van der Waals surface area (Å²) in [5.41, 5.74) is 23.7. The Morgan fingerprint density at radius 3 is 2.02 bits per heavy atom. The summed E-state index contributed by atoms with van der Waals surface area (Å²) >= 11 is 0. The van der Waals surface area contributed by atoms with Gasteiger partial charge >= 0.3 is 0 Å². The van der Waals surface area contributed by atoms with E-state index >= 15 is 0 Å². The van der Waals surface area contributed by atoms with Crippen LogP contribution in [0.1, 0.15) is 69.5 Å². The lowest BCUT2D eigenvalue weighted by atomic mass is 9.67. The van der Waals surface area contributed by atoms with Crippen molar-refractivity contribution in [3.05, 3.63) is 232 Å². The van der Waals surface area contributed by atoms with E-state index in [1.54, 1.807) is 0 Å². The van der Waals surface area contributed by atoms with E-state index in [0.29, 0.717) is 12.5 Å². The number of para-hydroxylation sites is 1. The van der Waals surface area contributed by atoms with Gasteiger partial charge in [0, 0.05) is 45.1 Å². The van der Waals surface area contributed by atoms with Gasteiger partial charge in [0.25, 0.3) is 0 Å². The molecule has 0 fully saturated rings. The molecule has 0 saturated carbocycles. The Labute approximate surface area is 322 Å². The van der Waals surface area contributed by atoms with Gasteiger partial charge in [0.1, 0.15) is 0 Å². The van der Waals surface area contributed by atoms with Crippen LogP contribution >= 0.6 is 0 Å². The van der Waals surface area contributed by atoms with Gasteiger partial charge in [0.15, 0.2) is 0 Å². The van der Waals surface area contributed by atoms with Crippen molar-refractivity contribution in [2.75, 3.05) is 5.73 Å². The van der Waals surface area contributed by atoms with Gasteiger partial charge in [-0.3, -0.25) is 4.99 Å². The van der Waals surface area contributed by atoms with Crippen LogP contribution in [0.15, 0.2) is 187 Å². The lowest BCUT2D eigenvalue weighted by Gasteiger charge is -2.34. The minimum absolute atomic E-state index is 0.376. The molecule has 0 amide bonds. The summed E-state index contributed by atoms with van der Waals surface area (Å²) in [6.45, 7) is 2.90. The maximum atomic E-state index is 6.46. The van der Waals surface area contributed by atoms with E-state index in [2.05, 4.69) is 163 Å². The van der Waals surface area contributed by atoms with E-state index in [-0.39, 0.29) is 0 Å². The quantitative estimate of drug-likeness (QED) is 0.130. The number of nitrogens with zero attached hydrogens (tertiary/aromatic N) is 2. The molecule has 0 spiro atoms. The highest BCUT2D eigenvalue weighted by molar-refractivity contribution is 6.15. The minimum atomic E-state index is -0.458. The predicted molar refractivity (Wildman–Crippen MR) is 229 cm³/mol. The zero-order chi connectivity index (χ0) is 36.9. The molecule has 0 saturated heterocycles. The Balaban J connectivity index is 1.13. The summed E-state index contributed by atoms with van der Waals surface area (Å²) in [6.07, 6.45) is 5.69. The number of fused-ring (bicyclic) bond motifs is 6. The molecule has 1 aromatic heterocycles. The third kappa shape index (κ3) is 5.22. The predicted octanol–water partition coefficient (Wildman–Crippen LogP) is 12.1. The van der Waals surface area contributed by atoms with Gasteiger partial charge in [0.2, 0.25) is 0 Å². The lowest BCUT2D eigenvalue weighted by Crippen LogP contribution is -2.28. The molecule has 1 unspecified atom stereocenters. The standard InChI is InChI=1S/C52H41N3/c1-35-15-14-23-44-43-32-29-39(52(38-18-6-3-7-19-38)46-24-11-8-20-41(46)42-21-9-12-25-47(42)52)33-49(43)55(51(35)44)40-30-27-36(28-31-40)34-54-50(37-16-4-2-5-17-37)45-22-10-13-26-48(45)53/h2-14,16-33,35H,15,34,53H2,1H3/b54-50-. The molecule has 55 heavy (non-hydrogen) atoms. The van der Waals surface area contributed by atoms with E-state index < -0.39 is 5.41 Å². The molecule has 2 aliphatic rings. The fourth-order valence-corrected chi connectivity index (χ4v) is 9.28. The summed E-state index contributed by atoms with van der Waals surface area (Å²) < 4.78 is 2.53. The molecular weight excluding hydrogens is 667 g/mol. The van der Waals surface area contributed by atoms with Crippen molar-refractivity contribution in [2.45, 2.75) is 31.2 Å². The average Bonchev–Trinajstić information content (AvgIpc) is 3.74. The molecule has 10 rings (SSSR count). The highest BCUT2D eigenvalue weighted by Crippen LogP contribution is 2.56. The van der Waals surface area contributed by atoms with Gasteiger partial charge < -0.3 is 10.3 Å². The first-order valence-corrected chi connectivity index (χ1v) is 19.3. The zero-order valence-corrected chi connectivity index (χ0v) is 30.9. The number of benzene rings is 7. The van der Waals surface area contributed by atoms with Crippen LogP contribution in [0.3, 0.4) is 0 Å². The second kappa shape index (κ2) is 13.3. The third-order valence-electron chi connectivity index (χ3n) is 11.8. The molecule has 3 heteroatoms. The molecule has 7 aromatic carbocycles. The molecule has 2 N–H and O–H groups in total. The van der Waals surface area contributed by atoms with Gasteiger partial charge in [-0.25, -0.2) is 0 Å². The Morgan fingerprint density at radius 1 is 0.673 bits per heavy atom. The smallest absolute Gasteiger partial charge is 0.0743 e. The van der Waals surface area contributed by atoms with Crippen LogP contribution in [0.2, 0.25) is 0 Å². The zero-order valence-electron chi connectivity index (χ0n) is 30.9. The summed E-state index contributed by atoms with van der Waals surface area (Å²) in [5.74, 6) is 0.376. The highest BCUT2D eigenvalue weighted by Gasteiger charge is 2.46. The van der Waals surface area contributed by atoms with Crippen LogP contribution in [0, 0.1) is 0 Å². The number of nitrogens with two attached hydrogens (primary N) is 1. The van der Waals surface area contributed by atoms with Crippen LogP contribution in [-0.2, 0) is 12.0 Å². The van der Waals surface area contributed by atoms with Crippen molar-refractivity contribution < 1.29 is 0 Å². The number of rotatable bonds is 7. The van der Waals surface area contributed by atoms with Gasteiger partial charge in [-0.05, 0) is 69.6 Å². The normalized spacial score (nSPS) is 15.4. The van der Waals surface area contributed by atoms with Crippen molar-refractivity contribution in [3.63, 3.8) is 0 Å². The molecular formula is C52H41N3. The molecule has 3 nitrogen and oxygen atoms in total. The number of anilines is 1. The number of hydrogen-bond acceptors (Lipinski definition) is 2. The number of hydrogen-bond donors (Lipinski definition) is 1. The second-order valence-corrected chi connectivity index (χ2v) is 14.9. The first-order valence-electron chi connectivity index (χ1n) is 19.3. The van der Waals surface area contributed by atoms with Gasteiger partial charge in [-0.2, -0.15) is 0 Å². The fraction of sp³-hybridized carbons (Fsp3) is 0.0962. The SMILES string of the molecule is CC1CC=Cc2c1n(-c1ccc(C/N=C(/c3ccccc3)c3ccccc3N)cc1)c1cc(C3(c4ccccc4)c4ccccc4-c4ccccc43)ccc21. The Morgan fingerprint density at radius 2 is 1.31 bits per heavy atom. The van der Waals surface area contributed by atoms with E-state index in [1.165, 1.54) is 55.5 Å². The van der Waals surface area contributed by atoms with Crippen LogP contribution in [0.25, 0.3) is 33.8 Å². The van der Waals surface area contributed by atoms with Gasteiger partial charge in [-0.1, -0.05) is 171 Å². The summed E-state index contributed by atoms with van der Waals surface area (Å²) in [5, 5.41) is 1.28.